The fraction of sp³-hybridized carbons (Fsp3) is 0.778. The molecular weight excluding hydrogens is 232 g/mol. The molecule has 0 saturated carbocycles. The Morgan fingerprint density at radius 3 is 2.17 bits per heavy atom. The molecule has 3 heteroatoms. The maximum Gasteiger partial charge on any atom is 0.184 e. The Labute approximate surface area is 85.5 Å². The molecule has 0 spiro atoms. The van der Waals surface area contributed by atoms with E-state index in [4.69, 9.17) is 4.43 Å². The van der Waals surface area contributed by atoms with Crippen LogP contribution < -0.4 is 0 Å². The van der Waals surface area contributed by atoms with Gasteiger partial charge in [0.25, 0.3) is 0 Å². The van der Waals surface area contributed by atoms with E-state index >= 15 is 0 Å². The van der Waals surface area contributed by atoms with Crippen LogP contribution in [0.25, 0.3) is 0 Å². The summed E-state index contributed by atoms with van der Waals surface area (Å²) in [6, 6.07) is 0. The molecule has 0 unspecified atom stereocenters. The Balaban J connectivity index is 4.13. The normalized spacial score (nSPS) is 14.2. The van der Waals surface area contributed by atoms with E-state index in [0.717, 1.165) is 5.33 Å². The van der Waals surface area contributed by atoms with Gasteiger partial charge in [0.2, 0.25) is 0 Å². The third kappa shape index (κ3) is 7.07. The van der Waals surface area contributed by atoms with Crippen LogP contribution in [0.1, 0.15) is 13.8 Å². The smallest absolute Gasteiger partial charge is 0.184 e. The highest BCUT2D eigenvalue weighted by molar-refractivity contribution is 9.09. The lowest BCUT2D eigenvalue weighted by molar-refractivity contribution is 0.154. The van der Waals surface area contributed by atoms with Crippen molar-refractivity contribution in [3.8, 4) is 0 Å². The second kappa shape index (κ2) is 4.58. The van der Waals surface area contributed by atoms with Gasteiger partial charge in [0, 0.05) is 5.33 Å². The standard InChI is InChI=1S/C9H19BrOSi/c1-9(2,7-6-8-10)11-12(3,4)5/h6-7H,8H2,1-5H3/b7-6+. The van der Waals surface area contributed by atoms with Gasteiger partial charge in [-0.3, -0.25) is 0 Å². The van der Waals surface area contributed by atoms with E-state index in [1.54, 1.807) is 0 Å². The van der Waals surface area contributed by atoms with Crippen LogP contribution in [-0.4, -0.2) is 19.2 Å². The van der Waals surface area contributed by atoms with Crippen molar-refractivity contribution in [2.24, 2.45) is 0 Å². The van der Waals surface area contributed by atoms with Crippen molar-refractivity contribution in [2.45, 2.75) is 39.1 Å². The summed E-state index contributed by atoms with van der Waals surface area (Å²) in [5, 5.41) is 0.894. The lowest BCUT2D eigenvalue weighted by Gasteiger charge is -2.30. The zero-order valence-electron chi connectivity index (χ0n) is 8.65. The molecule has 0 amide bonds. The first-order valence-electron chi connectivity index (χ1n) is 4.21. The zero-order chi connectivity index (χ0) is 9.83. The number of alkyl halides is 1. The molecule has 0 aromatic heterocycles. The van der Waals surface area contributed by atoms with Crippen LogP contribution in [-0.2, 0) is 4.43 Å². The minimum Gasteiger partial charge on any atom is -0.409 e. The Morgan fingerprint density at radius 1 is 1.33 bits per heavy atom. The highest BCUT2D eigenvalue weighted by Gasteiger charge is 2.24. The fourth-order valence-corrected chi connectivity index (χ4v) is 2.98. The predicted molar refractivity (Wildman–Crippen MR) is 61.4 cm³/mol. The van der Waals surface area contributed by atoms with Gasteiger partial charge in [0.05, 0.1) is 5.60 Å². The Kier molecular flexibility index (Phi) is 4.73. The molecule has 0 radical (unpaired) electrons. The van der Waals surface area contributed by atoms with Gasteiger partial charge in [-0.05, 0) is 33.5 Å². The summed E-state index contributed by atoms with van der Waals surface area (Å²) in [6.07, 6.45) is 4.19. The number of allylic oxidation sites excluding steroid dienone is 1. The summed E-state index contributed by atoms with van der Waals surface area (Å²) in [4.78, 5) is 0. The van der Waals surface area contributed by atoms with Gasteiger partial charge in [0.1, 0.15) is 0 Å². The van der Waals surface area contributed by atoms with Crippen LogP contribution in [0.2, 0.25) is 19.6 Å². The molecule has 0 heterocycles. The molecule has 0 N–H and O–H groups in total. The lowest BCUT2D eigenvalue weighted by Crippen LogP contribution is -2.36. The van der Waals surface area contributed by atoms with Crippen LogP contribution >= 0.6 is 15.9 Å². The van der Waals surface area contributed by atoms with E-state index in [-0.39, 0.29) is 5.60 Å². The molecule has 0 aliphatic rings. The quantitative estimate of drug-likeness (QED) is 0.421. The van der Waals surface area contributed by atoms with Crippen molar-refractivity contribution in [2.75, 3.05) is 5.33 Å². The fourth-order valence-electron chi connectivity index (χ4n) is 1.15. The molecule has 0 aliphatic carbocycles. The Bertz CT molecular complexity index is 158. The maximum absolute atomic E-state index is 5.96. The summed E-state index contributed by atoms with van der Waals surface area (Å²) >= 11 is 3.35. The van der Waals surface area contributed by atoms with E-state index in [2.05, 4.69) is 61.6 Å². The number of rotatable bonds is 4. The summed E-state index contributed by atoms with van der Waals surface area (Å²) in [5.74, 6) is 0. The van der Waals surface area contributed by atoms with E-state index in [0.29, 0.717) is 0 Å². The monoisotopic (exact) mass is 250 g/mol. The summed E-state index contributed by atoms with van der Waals surface area (Å²) < 4.78 is 5.96. The van der Waals surface area contributed by atoms with Crippen molar-refractivity contribution >= 4 is 24.2 Å². The number of hydrogen-bond donors (Lipinski definition) is 0. The van der Waals surface area contributed by atoms with Gasteiger partial charge < -0.3 is 4.43 Å². The third-order valence-electron chi connectivity index (χ3n) is 1.18. The zero-order valence-corrected chi connectivity index (χ0v) is 11.2. The second-order valence-electron chi connectivity index (χ2n) is 4.37. The topological polar surface area (TPSA) is 9.23 Å². The van der Waals surface area contributed by atoms with Crippen LogP contribution in [0, 0.1) is 0 Å². The highest BCUT2D eigenvalue weighted by atomic mass is 79.9. The molecular formula is C9H19BrOSi. The predicted octanol–water partition coefficient (Wildman–Crippen LogP) is 3.57. The average molecular weight is 251 g/mol. The maximum atomic E-state index is 5.96. The van der Waals surface area contributed by atoms with Gasteiger partial charge in [-0.25, -0.2) is 0 Å². The van der Waals surface area contributed by atoms with Gasteiger partial charge in [-0.2, -0.15) is 0 Å². The molecule has 0 bridgehead atoms. The number of halogens is 1. The first-order valence-corrected chi connectivity index (χ1v) is 8.74. The summed E-state index contributed by atoms with van der Waals surface area (Å²) in [5.41, 5.74) is -0.113. The molecule has 72 valence electrons. The molecule has 0 aromatic rings. The Morgan fingerprint density at radius 2 is 1.83 bits per heavy atom. The Hall–Kier alpha value is 0.397. The van der Waals surface area contributed by atoms with Crippen LogP contribution in [0.3, 0.4) is 0 Å². The van der Waals surface area contributed by atoms with Gasteiger partial charge in [-0.1, -0.05) is 28.1 Å². The van der Waals surface area contributed by atoms with E-state index in [9.17, 15) is 0 Å². The summed E-state index contributed by atoms with van der Waals surface area (Å²) in [7, 11) is -1.41. The van der Waals surface area contributed by atoms with Crippen molar-refractivity contribution in [1.29, 1.82) is 0 Å². The molecule has 0 atom stereocenters. The molecule has 0 aromatic carbocycles. The first-order chi connectivity index (χ1) is 5.27. The molecule has 0 fully saturated rings. The largest absolute Gasteiger partial charge is 0.409 e. The molecule has 0 rings (SSSR count). The van der Waals surface area contributed by atoms with E-state index in [1.807, 2.05) is 0 Å². The number of hydrogen-bond acceptors (Lipinski definition) is 1. The van der Waals surface area contributed by atoms with Crippen LogP contribution in [0.4, 0.5) is 0 Å². The van der Waals surface area contributed by atoms with Gasteiger partial charge in [-0.15, -0.1) is 0 Å². The molecule has 0 aliphatic heterocycles. The molecule has 12 heavy (non-hydrogen) atoms. The third-order valence-corrected chi connectivity index (χ3v) is 2.69. The lowest BCUT2D eigenvalue weighted by atomic mass is 10.1. The minimum atomic E-state index is -1.41. The highest BCUT2D eigenvalue weighted by Crippen LogP contribution is 2.18. The van der Waals surface area contributed by atoms with Crippen molar-refractivity contribution < 1.29 is 4.43 Å². The van der Waals surface area contributed by atoms with E-state index in [1.165, 1.54) is 0 Å². The second-order valence-corrected chi connectivity index (χ2v) is 9.45. The van der Waals surface area contributed by atoms with Crippen molar-refractivity contribution in [3.05, 3.63) is 12.2 Å². The molecule has 0 saturated heterocycles. The molecule has 1 nitrogen and oxygen atoms in total. The van der Waals surface area contributed by atoms with Gasteiger partial charge in [0.15, 0.2) is 8.32 Å². The minimum absolute atomic E-state index is 0.113. The van der Waals surface area contributed by atoms with E-state index < -0.39 is 8.32 Å². The van der Waals surface area contributed by atoms with Crippen molar-refractivity contribution in [3.63, 3.8) is 0 Å². The average Bonchev–Trinajstić information content (AvgIpc) is 1.78. The SMILES string of the molecule is CC(C)(/C=C/CBr)O[Si](C)(C)C. The van der Waals surface area contributed by atoms with Crippen molar-refractivity contribution in [1.82, 2.24) is 0 Å². The van der Waals surface area contributed by atoms with Crippen LogP contribution in [0.5, 0.6) is 0 Å². The first kappa shape index (κ1) is 12.4. The summed E-state index contributed by atoms with van der Waals surface area (Å²) in [6.45, 7) is 10.8. The van der Waals surface area contributed by atoms with Gasteiger partial charge >= 0.3 is 0 Å². The van der Waals surface area contributed by atoms with Crippen LogP contribution in [0.15, 0.2) is 12.2 Å².